The van der Waals surface area contributed by atoms with Crippen molar-refractivity contribution in [1.29, 1.82) is 0 Å². The number of aromatic nitrogens is 1. The molecule has 0 unspecified atom stereocenters. The minimum absolute atomic E-state index is 0.0640. The molecule has 1 aliphatic heterocycles. The van der Waals surface area contributed by atoms with Crippen LogP contribution in [0.3, 0.4) is 0 Å². The van der Waals surface area contributed by atoms with Crippen molar-refractivity contribution in [3.8, 4) is 5.75 Å². The van der Waals surface area contributed by atoms with Crippen LogP contribution in [0.1, 0.15) is 21.8 Å². The second-order valence-electron chi connectivity index (χ2n) is 5.24. The fourth-order valence-corrected chi connectivity index (χ4v) is 3.51. The maximum absolute atomic E-state index is 12.6. The first-order valence-electron chi connectivity index (χ1n) is 7.08. The Balaban J connectivity index is 1.66. The minimum atomic E-state index is 0.0640. The summed E-state index contributed by atoms with van der Waals surface area (Å²) in [5.41, 5.74) is 0.648. The molecule has 0 aliphatic carbocycles. The molecule has 2 aromatic rings. The second-order valence-corrected chi connectivity index (χ2v) is 6.22. The zero-order chi connectivity index (χ0) is 14.7. The van der Waals surface area contributed by atoms with Gasteiger partial charge in [0.25, 0.3) is 5.91 Å². The fourth-order valence-electron chi connectivity index (χ4n) is 2.78. The molecule has 0 saturated carbocycles. The molecule has 0 bridgehead atoms. The number of likely N-dealkylation sites (tertiary alicyclic amines) is 1. The summed E-state index contributed by atoms with van der Waals surface area (Å²) in [6.45, 7) is 1.61. The number of carbonyl (C=O) groups is 1. The molecule has 5 heteroatoms. The van der Waals surface area contributed by atoms with Crippen molar-refractivity contribution < 1.29 is 9.53 Å². The van der Waals surface area contributed by atoms with Crippen LogP contribution in [0, 0.1) is 5.92 Å². The van der Waals surface area contributed by atoms with Crippen molar-refractivity contribution in [3.05, 3.63) is 46.4 Å². The average Bonchev–Trinajstić information content (AvgIpc) is 3.19. The lowest BCUT2D eigenvalue weighted by atomic mass is 10.1. The van der Waals surface area contributed by atoms with Crippen molar-refractivity contribution in [2.45, 2.75) is 12.8 Å². The Labute approximate surface area is 128 Å². The van der Waals surface area contributed by atoms with Crippen molar-refractivity contribution in [2.24, 2.45) is 5.92 Å². The summed E-state index contributed by atoms with van der Waals surface area (Å²) < 4.78 is 5.28. The van der Waals surface area contributed by atoms with Crippen LogP contribution in [0.2, 0.25) is 0 Å². The van der Waals surface area contributed by atoms with E-state index < -0.39 is 0 Å². The summed E-state index contributed by atoms with van der Waals surface area (Å²) in [5.74, 6) is 1.22. The first-order chi connectivity index (χ1) is 10.3. The molecule has 0 N–H and O–H groups in total. The number of para-hydroxylation sites is 1. The number of hydrogen-bond acceptors (Lipinski definition) is 4. The van der Waals surface area contributed by atoms with Gasteiger partial charge in [-0.1, -0.05) is 12.1 Å². The van der Waals surface area contributed by atoms with Gasteiger partial charge in [-0.15, -0.1) is 11.3 Å². The molecule has 1 aliphatic rings. The molecule has 0 radical (unpaired) electrons. The van der Waals surface area contributed by atoms with Gasteiger partial charge in [-0.05, 0) is 24.5 Å². The summed E-state index contributed by atoms with van der Waals surface area (Å²) in [6, 6.07) is 7.41. The Kier molecular flexibility index (Phi) is 4.20. The minimum Gasteiger partial charge on any atom is -0.496 e. The van der Waals surface area contributed by atoms with Crippen LogP contribution in [-0.4, -0.2) is 36.0 Å². The van der Waals surface area contributed by atoms with Gasteiger partial charge in [0.15, 0.2) is 0 Å². The summed E-state index contributed by atoms with van der Waals surface area (Å²) in [6.07, 6.45) is 3.85. The number of methoxy groups -OCH3 is 1. The smallest absolute Gasteiger partial charge is 0.257 e. The molecular weight excluding hydrogens is 284 g/mol. The highest BCUT2D eigenvalue weighted by molar-refractivity contribution is 7.09. The standard InChI is InChI=1S/C16H18N2O2S/c1-20-14-5-3-2-4-13(14)16(19)18-8-6-12(11-18)10-15-17-7-9-21-15/h2-5,7,9,12H,6,8,10-11H2,1H3/t12-/m1/s1. The molecule has 1 aromatic heterocycles. The van der Waals surface area contributed by atoms with Crippen molar-refractivity contribution >= 4 is 17.2 Å². The van der Waals surface area contributed by atoms with Gasteiger partial charge < -0.3 is 9.64 Å². The fraction of sp³-hybridized carbons (Fsp3) is 0.375. The van der Waals surface area contributed by atoms with Gasteiger partial charge in [-0.2, -0.15) is 0 Å². The van der Waals surface area contributed by atoms with Gasteiger partial charge in [-0.3, -0.25) is 4.79 Å². The van der Waals surface area contributed by atoms with E-state index in [4.69, 9.17) is 4.74 Å². The predicted octanol–water partition coefficient (Wildman–Crippen LogP) is 2.86. The molecule has 3 rings (SSSR count). The Morgan fingerprint density at radius 3 is 3.10 bits per heavy atom. The van der Waals surface area contributed by atoms with E-state index in [0.29, 0.717) is 17.2 Å². The molecule has 110 valence electrons. The molecule has 1 aromatic carbocycles. The lowest BCUT2D eigenvalue weighted by molar-refractivity contribution is 0.0783. The monoisotopic (exact) mass is 302 g/mol. The summed E-state index contributed by atoms with van der Waals surface area (Å²) in [7, 11) is 1.60. The summed E-state index contributed by atoms with van der Waals surface area (Å²) >= 11 is 1.69. The van der Waals surface area contributed by atoms with Crippen LogP contribution in [0.15, 0.2) is 35.8 Å². The molecule has 1 fully saturated rings. The quantitative estimate of drug-likeness (QED) is 0.872. The predicted molar refractivity (Wildman–Crippen MR) is 82.8 cm³/mol. The lowest BCUT2D eigenvalue weighted by Gasteiger charge is -2.18. The highest BCUT2D eigenvalue weighted by Gasteiger charge is 2.28. The molecule has 0 spiro atoms. The zero-order valence-electron chi connectivity index (χ0n) is 12.0. The van der Waals surface area contributed by atoms with Crippen LogP contribution >= 0.6 is 11.3 Å². The third-order valence-corrected chi connectivity index (χ3v) is 4.66. The Bertz CT molecular complexity index is 612. The zero-order valence-corrected chi connectivity index (χ0v) is 12.8. The van der Waals surface area contributed by atoms with Crippen LogP contribution < -0.4 is 4.74 Å². The number of nitrogens with zero attached hydrogens (tertiary/aromatic N) is 2. The third kappa shape index (κ3) is 3.08. The number of hydrogen-bond donors (Lipinski definition) is 0. The topological polar surface area (TPSA) is 42.4 Å². The lowest BCUT2D eigenvalue weighted by Crippen LogP contribution is -2.29. The largest absolute Gasteiger partial charge is 0.496 e. The normalized spacial score (nSPS) is 18.0. The number of carbonyl (C=O) groups excluding carboxylic acids is 1. The van der Waals surface area contributed by atoms with Gasteiger partial charge >= 0.3 is 0 Å². The number of ether oxygens (including phenoxy) is 1. The van der Waals surface area contributed by atoms with Crippen LogP contribution in [0.5, 0.6) is 5.75 Å². The number of benzene rings is 1. The Hall–Kier alpha value is -1.88. The van der Waals surface area contributed by atoms with Gasteiger partial charge in [0.2, 0.25) is 0 Å². The first-order valence-corrected chi connectivity index (χ1v) is 7.96. The van der Waals surface area contributed by atoms with Crippen LogP contribution in [-0.2, 0) is 6.42 Å². The Morgan fingerprint density at radius 1 is 1.48 bits per heavy atom. The highest BCUT2D eigenvalue weighted by Crippen LogP contribution is 2.26. The Morgan fingerprint density at radius 2 is 2.33 bits per heavy atom. The molecule has 1 atom stereocenters. The first kappa shape index (κ1) is 14.1. The van der Waals surface area contributed by atoms with Crippen LogP contribution in [0.4, 0.5) is 0 Å². The average molecular weight is 302 g/mol. The van der Waals surface area contributed by atoms with Gasteiger partial charge in [-0.25, -0.2) is 4.98 Å². The van der Waals surface area contributed by atoms with E-state index in [1.807, 2.05) is 40.7 Å². The summed E-state index contributed by atoms with van der Waals surface area (Å²) in [5, 5.41) is 3.16. The number of thiazole rings is 1. The SMILES string of the molecule is COc1ccccc1C(=O)N1CC[C@H](Cc2nccs2)C1. The molecule has 21 heavy (non-hydrogen) atoms. The van der Waals surface area contributed by atoms with Crippen LogP contribution in [0.25, 0.3) is 0 Å². The van der Waals surface area contributed by atoms with E-state index in [-0.39, 0.29) is 5.91 Å². The van der Waals surface area contributed by atoms with E-state index in [9.17, 15) is 4.79 Å². The molecule has 2 heterocycles. The van der Waals surface area contributed by atoms with Crippen molar-refractivity contribution in [1.82, 2.24) is 9.88 Å². The summed E-state index contributed by atoms with van der Waals surface area (Å²) in [4.78, 5) is 18.9. The molecule has 4 nitrogen and oxygen atoms in total. The van der Waals surface area contributed by atoms with Gasteiger partial charge in [0.1, 0.15) is 5.75 Å². The van der Waals surface area contributed by atoms with E-state index in [1.54, 1.807) is 18.4 Å². The third-order valence-electron chi connectivity index (χ3n) is 3.86. The maximum Gasteiger partial charge on any atom is 0.257 e. The maximum atomic E-state index is 12.6. The number of amides is 1. The van der Waals surface area contributed by atoms with E-state index in [2.05, 4.69) is 4.98 Å². The second kappa shape index (κ2) is 6.26. The van der Waals surface area contributed by atoms with E-state index in [0.717, 1.165) is 30.9 Å². The van der Waals surface area contributed by atoms with E-state index >= 15 is 0 Å². The molecule has 1 amide bonds. The van der Waals surface area contributed by atoms with Gasteiger partial charge in [0, 0.05) is 31.1 Å². The number of rotatable bonds is 4. The molecule has 1 saturated heterocycles. The van der Waals surface area contributed by atoms with Crippen molar-refractivity contribution in [3.63, 3.8) is 0 Å². The highest BCUT2D eigenvalue weighted by atomic mass is 32.1. The van der Waals surface area contributed by atoms with Gasteiger partial charge in [0.05, 0.1) is 17.7 Å². The van der Waals surface area contributed by atoms with Crippen molar-refractivity contribution in [2.75, 3.05) is 20.2 Å². The molecular formula is C16H18N2O2S. The van der Waals surface area contributed by atoms with E-state index in [1.165, 1.54) is 0 Å².